The Morgan fingerprint density at radius 1 is 0.714 bits per heavy atom. The summed E-state index contributed by atoms with van der Waals surface area (Å²) in [5.74, 6) is 0. The van der Waals surface area contributed by atoms with Gasteiger partial charge in [-0.25, -0.2) is 0 Å². The average molecular weight is 482 g/mol. The van der Waals surface area contributed by atoms with Crippen LogP contribution in [-0.4, -0.2) is 13.1 Å². The minimum Gasteiger partial charge on any atom is -0.280 e. The summed E-state index contributed by atoms with van der Waals surface area (Å²) < 4.78 is 32.0. The molecule has 1 heterocycles. The third-order valence-corrected chi connectivity index (χ3v) is 7.07. The van der Waals surface area contributed by atoms with Crippen molar-refractivity contribution in [2.45, 2.75) is 18.7 Å². The molecule has 0 fully saturated rings. The number of pyridine rings is 1. The first-order valence-corrected chi connectivity index (χ1v) is 12.6. The molecule has 174 valence electrons. The largest absolute Gasteiger partial charge is 0.357 e. The number of nitrogens with zero attached hydrogens (tertiary/aromatic N) is 1. The fourth-order valence-electron chi connectivity index (χ4n) is 4.15. The predicted octanol–water partition coefficient (Wildman–Crippen LogP) is 5.76. The summed E-state index contributed by atoms with van der Waals surface area (Å²) in [4.78, 5) is 12.8. The fraction of sp³-hybridized carbons (Fsp3) is 0.0690. The zero-order valence-corrected chi connectivity index (χ0v) is 20.1. The molecule has 4 aromatic carbocycles. The number of fused-ring (bicyclic) bond motifs is 2. The van der Waals surface area contributed by atoms with Crippen LogP contribution >= 0.6 is 0 Å². The molecule has 0 bridgehead atoms. The summed E-state index contributed by atoms with van der Waals surface area (Å²) in [5, 5.41) is 4.28. The lowest BCUT2D eigenvalue weighted by molar-refractivity contribution is 0.264. The lowest BCUT2D eigenvalue weighted by Gasteiger charge is -2.13. The van der Waals surface area contributed by atoms with E-state index < -0.39 is 15.7 Å². The molecule has 0 spiro atoms. The van der Waals surface area contributed by atoms with Gasteiger partial charge in [0, 0.05) is 6.07 Å². The van der Waals surface area contributed by atoms with E-state index in [1.807, 2.05) is 49.4 Å². The van der Waals surface area contributed by atoms with Crippen molar-refractivity contribution in [3.8, 4) is 0 Å². The van der Waals surface area contributed by atoms with Crippen LogP contribution in [0.25, 0.3) is 33.7 Å². The van der Waals surface area contributed by atoms with E-state index in [1.54, 1.807) is 31.2 Å². The van der Waals surface area contributed by atoms with Crippen LogP contribution in [0.3, 0.4) is 0 Å². The number of aryl methyl sites for hydroxylation is 2. The summed E-state index contributed by atoms with van der Waals surface area (Å²) in [6.07, 6.45) is 3.62. The SMILES string of the molecule is Cc1ccc(S(=O)(=O)On2c(C=Cc3c4ccccc4cc4ccccc34)cc(C)cc2=O)cc1. The van der Waals surface area contributed by atoms with Crippen LogP contribution in [0.2, 0.25) is 0 Å². The van der Waals surface area contributed by atoms with Gasteiger partial charge in [0.25, 0.3) is 5.56 Å². The lowest BCUT2D eigenvalue weighted by Crippen LogP contribution is -2.32. The zero-order chi connectivity index (χ0) is 24.6. The van der Waals surface area contributed by atoms with Gasteiger partial charge in [0.2, 0.25) is 0 Å². The summed E-state index contributed by atoms with van der Waals surface area (Å²) in [7, 11) is -4.21. The van der Waals surface area contributed by atoms with Crippen molar-refractivity contribution < 1.29 is 12.7 Å². The van der Waals surface area contributed by atoms with Crippen molar-refractivity contribution in [1.82, 2.24) is 4.73 Å². The molecule has 5 aromatic rings. The number of benzene rings is 4. The monoisotopic (exact) mass is 481 g/mol. The van der Waals surface area contributed by atoms with Crippen LogP contribution in [0.5, 0.6) is 0 Å². The first-order valence-electron chi connectivity index (χ1n) is 11.2. The van der Waals surface area contributed by atoms with Crippen molar-refractivity contribution in [3.63, 3.8) is 0 Å². The molecule has 5 rings (SSSR count). The Labute approximate surface area is 203 Å². The molecule has 35 heavy (non-hydrogen) atoms. The predicted molar refractivity (Wildman–Crippen MR) is 141 cm³/mol. The Kier molecular flexibility index (Phi) is 5.75. The van der Waals surface area contributed by atoms with Crippen LogP contribution < -0.4 is 9.84 Å². The van der Waals surface area contributed by atoms with Crippen molar-refractivity contribution in [1.29, 1.82) is 0 Å². The summed E-state index contributed by atoms with van der Waals surface area (Å²) in [6.45, 7) is 3.65. The molecule has 0 atom stereocenters. The standard InChI is InChI=1S/C29H23NO4S/c1-20-11-14-25(15-12-20)35(32,33)34-30-24(17-21(2)18-29(30)31)13-16-28-26-9-5-3-7-22(26)19-23-8-4-6-10-27(23)28/h3-19H,1-2H3. The van der Waals surface area contributed by atoms with Crippen molar-refractivity contribution in [2.75, 3.05) is 0 Å². The van der Waals surface area contributed by atoms with Gasteiger partial charge < -0.3 is 0 Å². The summed E-state index contributed by atoms with van der Waals surface area (Å²) >= 11 is 0. The van der Waals surface area contributed by atoms with Gasteiger partial charge in [-0.05, 0) is 76.9 Å². The quantitative estimate of drug-likeness (QED) is 0.300. The first kappa shape index (κ1) is 22.6. The lowest BCUT2D eigenvalue weighted by atomic mass is 9.96. The van der Waals surface area contributed by atoms with E-state index in [0.29, 0.717) is 11.3 Å². The van der Waals surface area contributed by atoms with Crippen LogP contribution in [0, 0.1) is 13.8 Å². The topological polar surface area (TPSA) is 65.4 Å². The average Bonchev–Trinajstić information content (AvgIpc) is 2.84. The molecule has 0 N–H and O–H groups in total. The van der Waals surface area contributed by atoms with E-state index in [2.05, 4.69) is 18.2 Å². The van der Waals surface area contributed by atoms with Crippen LogP contribution in [0.4, 0.5) is 0 Å². The van der Waals surface area contributed by atoms with Gasteiger partial charge in [0.1, 0.15) is 4.90 Å². The second-order valence-corrected chi connectivity index (χ2v) is 10.0. The smallest absolute Gasteiger partial charge is 0.280 e. The number of hydrogen-bond donors (Lipinski definition) is 0. The van der Waals surface area contributed by atoms with Gasteiger partial charge in [0.15, 0.2) is 0 Å². The normalized spacial score (nSPS) is 11.9. The highest BCUT2D eigenvalue weighted by atomic mass is 32.2. The third kappa shape index (κ3) is 4.48. The van der Waals surface area contributed by atoms with E-state index in [9.17, 15) is 13.2 Å². The maximum absolute atomic E-state index is 12.9. The number of aromatic nitrogens is 1. The molecular weight excluding hydrogens is 458 g/mol. The zero-order valence-electron chi connectivity index (χ0n) is 19.3. The van der Waals surface area contributed by atoms with Gasteiger partial charge in [-0.2, -0.15) is 8.42 Å². The van der Waals surface area contributed by atoms with Crippen LogP contribution in [0.1, 0.15) is 22.4 Å². The Hall–Kier alpha value is -4.16. The molecule has 6 heteroatoms. The van der Waals surface area contributed by atoms with Crippen molar-refractivity contribution >= 4 is 43.8 Å². The van der Waals surface area contributed by atoms with E-state index in [-0.39, 0.29) is 4.90 Å². The molecule has 5 nitrogen and oxygen atoms in total. The van der Waals surface area contributed by atoms with E-state index >= 15 is 0 Å². The molecule has 1 aromatic heterocycles. The van der Waals surface area contributed by atoms with Gasteiger partial charge in [0.05, 0.1) is 5.69 Å². The van der Waals surface area contributed by atoms with Gasteiger partial charge in [-0.15, -0.1) is 4.73 Å². The molecule has 0 saturated carbocycles. The van der Waals surface area contributed by atoms with Crippen molar-refractivity contribution in [3.05, 3.63) is 124 Å². The number of rotatable bonds is 5. The van der Waals surface area contributed by atoms with Gasteiger partial charge in [-0.1, -0.05) is 72.3 Å². The Bertz CT molecular complexity index is 1710. The highest BCUT2D eigenvalue weighted by Gasteiger charge is 2.19. The molecule has 0 aliphatic rings. The second kappa shape index (κ2) is 8.89. The number of hydrogen-bond acceptors (Lipinski definition) is 4. The van der Waals surface area contributed by atoms with E-state index in [0.717, 1.165) is 37.4 Å². The molecule has 0 aliphatic carbocycles. The molecule has 0 amide bonds. The van der Waals surface area contributed by atoms with Crippen molar-refractivity contribution in [2.24, 2.45) is 0 Å². The Balaban J connectivity index is 1.64. The minimum atomic E-state index is -4.21. The molecular formula is C29H23NO4S. The third-order valence-electron chi connectivity index (χ3n) is 5.88. The first-order chi connectivity index (χ1) is 16.8. The molecule has 0 aliphatic heterocycles. The highest BCUT2D eigenvalue weighted by Crippen LogP contribution is 2.30. The van der Waals surface area contributed by atoms with Gasteiger partial charge in [-0.3, -0.25) is 9.08 Å². The summed E-state index contributed by atoms with van der Waals surface area (Å²) in [5.41, 5.74) is 2.35. The summed E-state index contributed by atoms with van der Waals surface area (Å²) in [6, 6.07) is 27.6. The second-order valence-electron chi connectivity index (χ2n) is 8.50. The Morgan fingerprint density at radius 3 is 1.94 bits per heavy atom. The molecule has 0 unspecified atom stereocenters. The highest BCUT2D eigenvalue weighted by molar-refractivity contribution is 7.87. The van der Waals surface area contributed by atoms with Crippen LogP contribution in [0.15, 0.2) is 101 Å². The van der Waals surface area contributed by atoms with Gasteiger partial charge >= 0.3 is 10.1 Å². The minimum absolute atomic E-state index is 0.0226. The van der Waals surface area contributed by atoms with Crippen LogP contribution in [-0.2, 0) is 10.1 Å². The van der Waals surface area contributed by atoms with E-state index in [1.165, 1.54) is 18.2 Å². The van der Waals surface area contributed by atoms with E-state index in [4.69, 9.17) is 4.28 Å². The fourth-order valence-corrected chi connectivity index (χ4v) is 5.06. The maximum atomic E-state index is 12.9. The Morgan fingerprint density at radius 2 is 1.31 bits per heavy atom. The molecule has 0 saturated heterocycles. The maximum Gasteiger partial charge on any atom is 0.357 e. The molecule has 0 radical (unpaired) electrons.